The summed E-state index contributed by atoms with van der Waals surface area (Å²) < 4.78 is 7.21. The molecule has 2 heterocycles. The molecule has 6 nitrogen and oxygen atoms in total. The number of amides is 1. The van der Waals surface area contributed by atoms with Crippen LogP contribution in [0.4, 0.5) is 5.82 Å². The van der Waals surface area contributed by atoms with Gasteiger partial charge in [0.1, 0.15) is 5.82 Å². The molecule has 1 aromatic heterocycles. The molecule has 0 bridgehead atoms. The molecule has 0 saturated carbocycles. The van der Waals surface area contributed by atoms with Gasteiger partial charge in [0.25, 0.3) is 5.91 Å². The number of ether oxygens (including phenoxy) is 1. The highest BCUT2D eigenvalue weighted by Gasteiger charge is 2.31. The highest BCUT2D eigenvalue weighted by Crippen LogP contribution is 2.29. The quantitative estimate of drug-likeness (QED) is 0.638. The van der Waals surface area contributed by atoms with E-state index < -0.39 is 5.97 Å². The lowest BCUT2D eigenvalue weighted by Crippen LogP contribution is -2.34. The maximum Gasteiger partial charge on any atom is 0.358 e. The lowest BCUT2D eigenvalue weighted by Gasteiger charge is -2.22. The van der Waals surface area contributed by atoms with Crippen molar-refractivity contribution in [3.8, 4) is 0 Å². The monoisotopic (exact) mass is 403 g/mol. The third kappa shape index (κ3) is 4.22. The Hall–Kier alpha value is -2.34. The minimum atomic E-state index is -0.432. The number of rotatable bonds is 7. The number of benzene rings is 1. The number of aryl methyl sites for hydroxylation is 1. The van der Waals surface area contributed by atoms with Crippen molar-refractivity contribution >= 4 is 29.3 Å². The molecule has 150 valence electrons. The predicted molar refractivity (Wildman–Crippen MR) is 109 cm³/mol. The zero-order valence-corrected chi connectivity index (χ0v) is 17.2. The first-order valence-electron chi connectivity index (χ1n) is 9.90. The standard InChI is InChI=1S/C21H26ClN3O3/c1-3-5-12-25(20(26)15-9-8-10-16(22)14-15)19-18(21(27)28-4-2)24-13-7-6-11-17(24)23-19/h8-10,14H,3-7,11-13H2,1-2H3. The van der Waals surface area contributed by atoms with Crippen molar-refractivity contribution in [3.05, 3.63) is 46.4 Å². The number of esters is 1. The summed E-state index contributed by atoms with van der Waals surface area (Å²) in [6.07, 6.45) is 4.51. The third-order valence-corrected chi connectivity index (χ3v) is 5.07. The number of carbonyl (C=O) groups is 2. The number of nitrogens with zero attached hydrogens (tertiary/aromatic N) is 3. The number of unbranched alkanes of at least 4 members (excludes halogenated alkanes) is 1. The molecule has 0 atom stereocenters. The first-order chi connectivity index (χ1) is 13.6. The van der Waals surface area contributed by atoms with E-state index in [9.17, 15) is 9.59 Å². The molecule has 0 aliphatic carbocycles. The van der Waals surface area contributed by atoms with Crippen LogP contribution < -0.4 is 4.90 Å². The van der Waals surface area contributed by atoms with Crippen molar-refractivity contribution in [2.45, 2.75) is 52.5 Å². The first kappa shape index (κ1) is 20.4. The summed E-state index contributed by atoms with van der Waals surface area (Å²) in [5.41, 5.74) is 0.854. The van der Waals surface area contributed by atoms with Crippen molar-refractivity contribution in [1.29, 1.82) is 0 Å². The average molecular weight is 404 g/mol. The molecule has 1 aliphatic rings. The number of carbonyl (C=O) groups excluding carboxylic acids is 2. The molecule has 1 aromatic carbocycles. The Morgan fingerprint density at radius 2 is 2.11 bits per heavy atom. The minimum Gasteiger partial charge on any atom is -0.461 e. The van der Waals surface area contributed by atoms with E-state index in [1.54, 1.807) is 36.1 Å². The van der Waals surface area contributed by atoms with Crippen LogP contribution in [0.3, 0.4) is 0 Å². The van der Waals surface area contributed by atoms with Gasteiger partial charge in [-0.05, 0) is 44.4 Å². The summed E-state index contributed by atoms with van der Waals surface area (Å²) >= 11 is 6.08. The van der Waals surface area contributed by atoms with Gasteiger partial charge in [-0.1, -0.05) is 31.0 Å². The second-order valence-electron chi connectivity index (χ2n) is 6.85. The van der Waals surface area contributed by atoms with Crippen molar-refractivity contribution in [2.75, 3.05) is 18.1 Å². The van der Waals surface area contributed by atoms with Crippen molar-refractivity contribution in [3.63, 3.8) is 0 Å². The summed E-state index contributed by atoms with van der Waals surface area (Å²) in [6.45, 7) is 5.30. The van der Waals surface area contributed by atoms with Crippen LogP contribution in [-0.2, 0) is 17.7 Å². The molecule has 0 spiro atoms. The second-order valence-corrected chi connectivity index (χ2v) is 7.29. The predicted octanol–water partition coefficient (Wildman–Crippen LogP) is 4.50. The van der Waals surface area contributed by atoms with E-state index in [-0.39, 0.29) is 12.5 Å². The molecule has 7 heteroatoms. The molecule has 0 radical (unpaired) electrons. The molecule has 0 saturated heterocycles. The molecule has 1 aliphatic heterocycles. The van der Waals surface area contributed by atoms with Gasteiger partial charge >= 0.3 is 5.97 Å². The number of hydrogen-bond acceptors (Lipinski definition) is 4. The van der Waals surface area contributed by atoms with E-state index in [4.69, 9.17) is 21.3 Å². The number of fused-ring (bicyclic) bond motifs is 1. The van der Waals surface area contributed by atoms with Crippen LogP contribution in [0.5, 0.6) is 0 Å². The number of halogens is 1. The van der Waals surface area contributed by atoms with Gasteiger partial charge in [0, 0.05) is 30.1 Å². The van der Waals surface area contributed by atoms with E-state index in [0.717, 1.165) is 37.9 Å². The molecule has 0 unspecified atom stereocenters. The lowest BCUT2D eigenvalue weighted by atomic mass is 10.1. The van der Waals surface area contributed by atoms with Crippen LogP contribution in [0, 0.1) is 0 Å². The van der Waals surface area contributed by atoms with Gasteiger partial charge in [0.2, 0.25) is 0 Å². The Bertz CT molecular complexity index is 863. The van der Waals surface area contributed by atoms with Crippen LogP contribution in [0.25, 0.3) is 0 Å². The Morgan fingerprint density at radius 3 is 2.82 bits per heavy atom. The smallest absolute Gasteiger partial charge is 0.358 e. The van der Waals surface area contributed by atoms with E-state index in [2.05, 4.69) is 6.92 Å². The van der Waals surface area contributed by atoms with Crippen molar-refractivity contribution in [1.82, 2.24) is 9.55 Å². The topological polar surface area (TPSA) is 64.4 Å². The summed E-state index contributed by atoms with van der Waals surface area (Å²) in [7, 11) is 0. The normalized spacial score (nSPS) is 13.1. The Labute approximate surface area is 170 Å². The SMILES string of the molecule is CCCCN(C(=O)c1cccc(Cl)c1)c1nc2n(c1C(=O)OCC)CCCC2. The van der Waals surface area contributed by atoms with Gasteiger partial charge in [-0.3, -0.25) is 9.69 Å². The molecular formula is C21H26ClN3O3. The Kier molecular flexibility index (Phi) is 6.73. The highest BCUT2D eigenvalue weighted by atomic mass is 35.5. The lowest BCUT2D eigenvalue weighted by molar-refractivity contribution is 0.0513. The van der Waals surface area contributed by atoms with Crippen LogP contribution in [0.15, 0.2) is 24.3 Å². The van der Waals surface area contributed by atoms with Crippen LogP contribution in [-0.4, -0.2) is 34.6 Å². The Morgan fingerprint density at radius 1 is 1.29 bits per heavy atom. The summed E-state index contributed by atoms with van der Waals surface area (Å²) in [4.78, 5) is 32.4. The molecule has 0 N–H and O–H groups in total. The van der Waals surface area contributed by atoms with Gasteiger partial charge < -0.3 is 9.30 Å². The van der Waals surface area contributed by atoms with E-state index in [1.165, 1.54) is 0 Å². The van der Waals surface area contributed by atoms with Crippen LogP contribution in [0.2, 0.25) is 5.02 Å². The average Bonchev–Trinajstić information content (AvgIpc) is 3.07. The van der Waals surface area contributed by atoms with E-state index in [1.807, 2.05) is 4.57 Å². The zero-order valence-electron chi connectivity index (χ0n) is 16.4. The largest absolute Gasteiger partial charge is 0.461 e. The zero-order chi connectivity index (χ0) is 20.1. The van der Waals surface area contributed by atoms with Gasteiger partial charge in [-0.2, -0.15) is 0 Å². The molecule has 28 heavy (non-hydrogen) atoms. The maximum atomic E-state index is 13.3. The maximum absolute atomic E-state index is 13.3. The fourth-order valence-electron chi connectivity index (χ4n) is 3.46. The second kappa shape index (κ2) is 9.24. The number of imidazole rings is 1. The molecule has 0 fully saturated rings. The molecule has 3 rings (SSSR count). The molecular weight excluding hydrogens is 378 g/mol. The summed E-state index contributed by atoms with van der Waals surface area (Å²) in [5, 5.41) is 0.496. The summed E-state index contributed by atoms with van der Waals surface area (Å²) in [5.74, 6) is 0.592. The van der Waals surface area contributed by atoms with Crippen molar-refractivity contribution in [2.24, 2.45) is 0 Å². The third-order valence-electron chi connectivity index (χ3n) is 4.84. The molecule has 1 amide bonds. The first-order valence-corrected chi connectivity index (χ1v) is 10.3. The summed E-state index contributed by atoms with van der Waals surface area (Å²) in [6, 6.07) is 6.85. The van der Waals surface area contributed by atoms with Gasteiger partial charge in [-0.25, -0.2) is 9.78 Å². The fraction of sp³-hybridized carbons (Fsp3) is 0.476. The number of hydrogen-bond donors (Lipinski definition) is 0. The van der Waals surface area contributed by atoms with Crippen LogP contribution in [0.1, 0.15) is 66.2 Å². The number of aromatic nitrogens is 2. The molecule has 2 aromatic rings. The van der Waals surface area contributed by atoms with Gasteiger partial charge in [-0.15, -0.1) is 0 Å². The van der Waals surface area contributed by atoms with Crippen LogP contribution >= 0.6 is 11.6 Å². The van der Waals surface area contributed by atoms with E-state index >= 15 is 0 Å². The minimum absolute atomic E-state index is 0.211. The number of anilines is 1. The Balaban J connectivity index is 2.08. The van der Waals surface area contributed by atoms with Crippen molar-refractivity contribution < 1.29 is 14.3 Å². The van der Waals surface area contributed by atoms with Gasteiger partial charge in [0.15, 0.2) is 11.5 Å². The van der Waals surface area contributed by atoms with Gasteiger partial charge in [0.05, 0.1) is 6.61 Å². The fourth-order valence-corrected chi connectivity index (χ4v) is 3.65. The van der Waals surface area contributed by atoms with E-state index in [0.29, 0.717) is 35.2 Å². The highest BCUT2D eigenvalue weighted by molar-refractivity contribution is 6.31.